The molecule has 1 unspecified atom stereocenters. The van der Waals surface area contributed by atoms with Crippen molar-refractivity contribution < 1.29 is 33.0 Å². The van der Waals surface area contributed by atoms with Crippen molar-refractivity contribution in [1.82, 2.24) is 14.8 Å². The average molecular weight is 583 g/mol. The fourth-order valence-electron chi connectivity index (χ4n) is 3.35. The Balaban J connectivity index is 1.76. The number of carbonyl (C=O) groups is 3. The van der Waals surface area contributed by atoms with Crippen molar-refractivity contribution in [2.75, 3.05) is 25.3 Å². The fraction of sp³-hybridized carbons (Fsp3) is 0.292. The van der Waals surface area contributed by atoms with Crippen LogP contribution >= 0.6 is 34.7 Å². The second-order valence-corrected chi connectivity index (χ2v) is 10.0. The second kappa shape index (κ2) is 12.9. The summed E-state index contributed by atoms with van der Waals surface area (Å²) in [5.41, 5.74) is 0.432. The number of nitrogens with zero attached hydrogens (tertiary/aromatic N) is 3. The first-order valence-corrected chi connectivity index (χ1v) is 13.2. The van der Waals surface area contributed by atoms with Crippen molar-refractivity contribution in [3.8, 4) is 5.75 Å². The predicted octanol–water partition coefficient (Wildman–Crippen LogP) is 5.07. The Morgan fingerprint density at radius 3 is 2.61 bits per heavy atom. The van der Waals surface area contributed by atoms with Gasteiger partial charge in [0.2, 0.25) is 5.91 Å². The second-order valence-electron chi connectivity index (χ2n) is 7.66. The monoisotopic (exact) mass is 582 g/mol. The topological polar surface area (TPSA) is 122 Å². The molecule has 0 saturated heterocycles. The number of esters is 2. The van der Waals surface area contributed by atoms with E-state index in [2.05, 4.69) is 22.1 Å². The molecule has 3 aromatic rings. The molecule has 0 bridgehead atoms. The van der Waals surface area contributed by atoms with Crippen LogP contribution in [-0.2, 0) is 20.8 Å². The third-order valence-corrected chi connectivity index (χ3v) is 7.56. The number of thiophene rings is 1. The van der Waals surface area contributed by atoms with E-state index in [4.69, 9.17) is 25.8 Å². The van der Waals surface area contributed by atoms with Crippen molar-refractivity contribution >= 4 is 57.5 Å². The van der Waals surface area contributed by atoms with Crippen LogP contribution in [0.2, 0.25) is 5.02 Å². The number of ether oxygens (including phenoxy) is 3. The highest BCUT2D eigenvalue weighted by atomic mass is 35.5. The molecule has 202 valence electrons. The summed E-state index contributed by atoms with van der Waals surface area (Å²) in [6, 6.07) is 3.80. The Bertz CT molecular complexity index is 1380. The molecule has 0 saturated carbocycles. The number of carbonyl (C=O) groups excluding carboxylic acids is 3. The van der Waals surface area contributed by atoms with Gasteiger partial charge in [-0.25, -0.2) is 14.0 Å². The molecule has 10 nitrogen and oxygen atoms in total. The van der Waals surface area contributed by atoms with Crippen LogP contribution in [0.5, 0.6) is 5.75 Å². The largest absolute Gasteiger partial charge is 0.481 e. The number of aromatic nitrogens is 3. The van der Waals surface area contributed by atoms with E-state index >= 15 is 0 Å². The average Bonchev–Trinajstić information content (AvgIpc) is 3.44. The highest BCUT2D eigenvalue weighted by Gasteiger charge is 2.27. The lowest BCUT2D eigenvalue weighted by molar-refractivity contribution is -0.113. The van der Waals surface area contributed by atoms with E-state index in [1.54, 1.807) is 24.5 Å². The van der Waals surface area contributed by atoms with E-state index < -0.39 is 29.8 Å². The van der Waals surface area contributed by atoms with Gasteiger partial charge in [-0.05, 0) is 37.6 Å². The van der Waals surface area contributed by atoms with Crippen LogP contribution in [0.1, 0.15) is 44.4 Å². The lowest BCUT2D eigenvalue weighted by atomic mass is 10.1. The minimum absolute atomic E-state index is 0.0822. The SMILES string of the molecule is C=CCn1c(SCC(=O)Nc2sc(C(=O)OC)c(C)c2C(=O)OC)nnc1C(C)Oc1ccc(F)cc1Cl. The van der Waals surface area contributed by atoms with Gasteiger partial charge in [-0.1, -0.05) is 29.4 Å². The molecule has 14 heteroatoms. The lowest BCUT2D eigenvalue weighted by Crippen LogP contribution is -2.17. The molecule has 1 N–H and O–H groups in total. The van der Waals surface area contributed by atoms with Gasteiger partial charge in [-0.3, -0.25) is 9.36 Å². The summed E-state index contributed by atoms with van der Waals surface area (Å²) in [5.74, 6) is -1.62. The summed E-state index contributed by atoms with van der Waals surface area (Å²) in [5, 5.41) is 11.7. The van der Waals surface area contributed by atoms with Crippen LogP contribution in [0, 0.1) is 12.7 Å². The number of benzene rings is 1. The minimum atomic E-state index is -0.692. The van der Waals surface area contributed by atoms with Crippen molar-refractivity contribution in [1.29, 1.82) is 0 Å². The summed E-state index contributed by atoms with van der Waals surface area (Å²) in [4.78, 5) is 37.3. The number of rotatable bonds is 11. The van der Waals surface area contributed by atoms with Crippen LogP contribution in [0.4, 0.5) is 9.39 Å². The van der Waals surface area contributed by atoms with Crippen LogP contribution < -0.4 is 10.1 Å². The van der Waals surface area contributed by atoms with Crippen molar-refractivity contribution in [2.24, 2.45) is 0 Å². The Kier molecular flexibility index (Phi) is 9.89. The van der Waals surface area contributed by atoms with E-state index in [0.29, 0.717) is 23.1 Å². The molecule has 0 aliphatic rings. The number of hydrogen-bond donors (Lipinski definition) is 1. The molecule has 0 spiro atoms. The summed E-state index contributed by atoms with van der Waals surface area (Å²) in [6.07, 6.45) is 1.03. The van der Waals surface area contributed by atoms with Crippen molar-refractivity contribution in [3.63, 3.8) is 0 Å². The molecule has 2 heterocycles. The first-order chi connectivity index (χ1) is 18.1. The number of nitrogens with one attached hydrogen (secondary N) is 1. The third-order valence-electron chi connectivity index (χ3n) is 5.11. The maximum atomic E-state index is 13.4. The van der Waals surface area contributed by atoms with E-state index in [1.165, 1.54) is 26.4 Å². The van der Waals surface area contributed by atoms with Crippen LogP contribution in [-0.4, -0.2) is 52.6 Å². The number of thioether (sulfide) groups is 1. The molecule has 1 atom stereocenters. The number of anilines is 1. The molecule has 0 aliphatic carbocycles. The Morgan fingerprint density at radius 1 is 1.26 bits per heavy atom. The van der Waals surface area contributed by atoms with Crippen LogP contribution in [0.3, 0.4) is 0 Å². The fourth-order valence-corrected chi connectivity index (χ4v) is 5.45. The zero-order valence-corrected chi connectivity index (χ0v) is 23.3. The van der Waals surface area contributed by atoms with Gasteiger partial charge < -0.3 is 19.5 Å². The number of allylic oxidation sites excluding steroid dienone is 1. The van der Waals surface area contributed by atoms with Gasteiger partial charge in [-0.2, -0.15) is 0 Å². The Morgan fingerprint density at radius 2 is 1.97 bits per heavy atom. The molecule has 1 aromatic carbocycles. The van der Waals surface area contributed by atoms with E-state index in [1.807, 2.05) is 0 Å². The van der Waals surface area contributed by atoms with Gasteiger partial charge in [0.15, 0.2) is 17.1 Å². The van der Waals surface area contributed by atoms with Crippen molar-refractivity contribution in [2.45, 2.75) is 31.7 Å². The van der Waals surface area contributed by atoms with Gasteiger partial charge in [0, 0.05) is 6.54 Å². The highest BCUT2D eigenvalue weighted by Crippen LogP contribution is 2.35. The summed E-state index contributed by atoms with van der Waals surface area (Å²) in [7, 11) is 2.43. The smallest absolute Gasteiger partial charge is 0.348 e. The molecule has 0 radical (unpaired) electrons. The normalized spacial score (nSPS) is 11.5. The van der Waals surface area contributed by atoms with Gasteiger partial charge in [0.1, 0.15) is 21.4 Å². The van der Waals surface area contributed by atoms with E-state index in [-0.39, 0.29) is 32.0 Å². The van der Waals surface area contributed by atoms with Gasteiger partial charge >= 0.3 is 11.9 Å². The minimum Gasteiger partial charge on any atom is -0.481 e. The van der Waals surface area contributed by atoms with Crippen LogP contribution in [0.25, 0.3) is 0 Å². The maximum absolute atomic E-state index is 13.4. The van der Waals surface area contributed by atoms with Crippen LogP contribution in [0.15, 0.2) is 36.0 Å². The number of halogens is 2. The van der Waals surface area contributed by atoms with Gasteiger partial charge in [-0.15, -0.1) is 28.1 Å². The summed E-state index contributed by atoms with van der Waals surface area (Å²) < 4.78 is 30.5. The number of methoxy groups -OCH3 is 2. The van der Waals surface area contributed by atoms with Gasteiger partial charge in [0.25, 0.3) is 0 Å². The first kappa shape index (κ1) is 29.1. The Hall–Kier alpha value is -3.42. The zero-order valence-electron chi connectivity index (χ0n) is 20.9. The highest BCUT2D eigenvalue weighted by molar-refractivity contribution is 7.99. The van der Waals surface area contributed by atoms with Gasteiger partial charge in [0.05, 0.1) is 30.6 Å². The van der Waals surface area contributed by atoms with E-state index in [0.717, 1.165) is 29.2 Å². The molecule has 38 heavy (non-hydrogen) atoms. The Labute approximate surface area is 231 Å². The molecular formula is C24H24ClFN4O6S2. The quantitative estimate of drug-likeness (QED) is 0.187. The van der Waals surface area contributed by atoms with E-state index in [9.17, 15) is 18.8 Å². The predicted molar refractivity (Wildman–Crippen MR) is 142 cm³/mol. The maximum Gasteiger partial charge on any atom is 0.348 e. The molecular weight excluding hydrogens is 559 g/mol. The molecule has 0 fully saturated rings. The number of amides is 1. The number of hydrogen-bond acceptors (Lipinski definition) is 10. The third kappa shape index (κ3) is 6.52. The lowest BCUT2D eigenvalue weighted by Gasteiger charge is -2.16. The summed E-state index contributed by atoms with van der Waals surface area (Å²) in [6.45, 7) is 7.39. The molecule has 1 amide bonds. The standard InChI is InChI=1S/C24H24ClFN4O6S2/c1-6-9-30-20(13(3)36-16-8-7-14(26)10-15(16)25)28-29-24(30)37-11-17(31)27-21-18(22(32)34-4)12(2)19(38-21)23(33)35-5/h6-8,10,13H,1,9,11H2,2-5H3,(H,27,31). The molecule has 0 aliphatic heterocycles. The first-order valence-electron chi connectivity index (χ1n) is 11.0. The summed E-state index contributed by atoms with van der Waals surface area (Å²) >= 11 is 8.09. The molecule has 2 aromatic heterocycles. The zero-order chi connectivity index (χ0) is 28.0. The molecule has 3 rings (SSSR count). The van der Waals surface area contributed by atoms with Crippen molar-refractivity contribution in [3.05, 3.63) is 63.5 Å².